The molecule has 0 aliphatic carbocycles. The van der Waals surface area contributed by atoms with Crippen LogP contribution in [0.15, 0.2) is 36.7 Å². The van der Waals surface area contributed by atoms with Crippen LogP contribution in [0.3, 0.4) is 0 Å². The number of imidazole rings is 1. The minimum atomic E-state index is -0.0326. The van der Waals surface area contributed by atoms with Gasteiger partial charge in [-0.2, -0.15) is 0 Å². The van der Waals surface area contributed by atoms with Gasteiger partial charge in [0.05, 0.1) is 12.8 Å². The van der Waals surface area contributed by atoms with E-state index in [0.29, 0.717) is 17.9 Å². The van der Waals surface area contributed by atoms with E-state index < -0.39 is 0 Å². The summed E-state index contributed by atoms with van der Waals surface area (Å²) in [6.45, 7) is 0.847. The summed E-state index contributed by atoms with van der Waals surface area (Å²) < 4.78 is 7.35. The van der Waals surface area contributed by atoms with Crippen LogP contribution in [-0.2, 0) is 17.8 Å². The average Bonchev–Trinajstić information content (AvgIpc) is 2.95. The normalized spacial score (nSPS) is 17.4. The van der Waals surface area contributed by atoms with Gasteiger partial charge >= 0.3 is 0 Å². The van der Waals surface area contributed by atoms with Gasteiger partial charge in [-0.3, -0.25) is 4.79 Å². The zero-order valence-corrected chi connectivity index (χ0v) is 11.4. The van der Waals surface area contributed by atoms with Crippen LogP contribution in [0.1, 0.15) is 12.2 Å². The number of aromatic nitrogens is 2. The summed E-state index contributed by atoms with van der Waals surface area (Å²) in [4.78, 5) is 16.7. The molecule has 0 radical (unpaired) electrons. The Kier molecular flexibility index (Phi) is 3.41. The Morgan fingerprint density at radius 2 is 2.30 bits per heavy atom. The van der Waals surface area contributed by atoms with Gasteiger partial charge in [0.25, 0.3) is 0 Å². The van der Waals surface area contributed by atoms with Crippen molar-refractivity contribution in [3.8, 4) is 5.75 Å². The monoisotopic (exact) mass is 271 g/mol. The maximum absolute atomic E-state index is 12.4. The summed E-state index contributed by atoms with van der Waals surface area (Å²) >= 11 is 0. The smallest absolute Gasteiger partial charge is 0.228 e. The van der Waals surface area contributed by atoms with E-state index in [9.17, 15) is 4.79 Å². The zero-order chi connectivity index (χ0) is 13.9. The molecule has 104 valence electrons. The molecule has 5 heteroatoms. The second kappa shape index (κ2) is 5.36. The van der Waals surface area contributed by atoms with E-state index in [1.807, 2.05) is 30.5 Å². The number of aryl methyl sites for hydroxylation is 1. The van der Waals surface area contributed by atoms with Gasteiger partial charge in [-0.1, -0.05) is 12.1 Å². The molecule has 5 nitrogen and oxygen atoms in total. The van der Waals surface area contributed by atoms with Crippen molar-refractivity contribution >= 4 is 11.6 Å². The fourth-order valence-electron chi connectivity index (χ4n) is 2.56. The van der Waals surface area contributed by atoms with Gasteiger partial charge in [0, 0.05) is 31.3 Å². The number of carbonyl (C=O) groups excluding carboxylic acids is 1. The highest BCUT2D eigenvalue weighted by Crippen LogP contribution is 2.26. The van der Waals surface area contributed by atoms with Crippen LogP contribution in [0, 0.1) is 5.92 Å². The van der Waals surface area contributed by atoms with Crippen LogP contribution in [0.4, 0.5) is 5.69 Å². The van der Waals surface area contributed by atoms with Gasteiger partial charge in [-0.25, -0.2) is 4.98 Å². The highest BCUT2D eigenvalue weighted by molar-refractivity contribution is 5.94. The van der Waals surface area contributed by atoms with Crippen molar-refractivity contribution in [1.82, 2.24) is 9.55 Å². The molecule has 1 unspecified atom stereocenters. The molecule has 1 aliphatic heterocycles. The summed E-state index contributed by atoms with van der Waals surface area (Å²) in [5.41, 5.74) is 0.717. The van der Waals surface area contributed by atoms with Crippen LogP contribution in [-0.4, -0.2) is 22.6 Å². The molecule has 1 atom stereocenters. The van der Waals surface area contributed by atoms with Crippen LogP contribution in [0.5, 0.6) is 5.75 Å². The van der Waals surface area contributed by atoms with Gasteiger partial charge in [0.2, 0.25) is 5.91 Å². The minimum absolute atomic E-state index is 0.0313. The molecule has 1 amide bonds. The lowest BCUT2D eigenvalue weighted by atomic mass is 9.97. The van der Waals surface area contributed by atoms with Crippen LogP contribution < -0.4 is 10.1 Å². The molecular weight excluding hydrogens is 254 g/mol. The lowest BCUT2D eigenvalue weighted by Crippen LogP contribution is -2.30. The first-order chi connectivity index (χ1) is 9.78. The number of hydrogen-bond donors (Lipinski definition) is 1. The van der Waals surface area contributed by atoms with Crippen molar-refractivity contribution in [1.29, 1.82) is 0 Å². The second-order valence-electron chi connectivity index (χ2n) is 4.92. The highest BCUT2D eigenvalue weighted by atomic mass is 16.5. The summed E-state index contributed by atoms with van der Waals surface area (Å²) in [5, 5.41) is 2.95. The molecular formula is C15H17N3O2. The Morgan fingerprint density at radius 1 is 1.45 bits per heavy atom. The Hall–Kier alpha value is -2.30. The average molecular weight is 271 g/mol. The molecule has 2 heterocycles. The second-order valence-corrected chi connectivity index (χ2v) is 4.92. The van der Waals surface area contributed by atoms with Crippen LogP contribution in [0.25, 0.3) is 0 Å². The Balaban J connectivity index is 1.71. The Labute approximate surface area is 117 Å². The zero-order valence-electron chi connectivity index (χ0n) is 11.4. The molecule has 0 bridgehead atoms. The van der Waals surface area contributed by atoms with E-state index in [4.69, 9.17) is 4.74 Å². The highest BCUT2D eigenvalue weighted by Gasteiger charge is 2.25. The molecule has 0 fully saturated rings. The third-order valence-corrected chi connectivity index (χ3v) is 3.68. The minimum Gasteiger partial charge on any atom is -0.495 e. The third kappa shape index (κ3) is 2.39. The third-order valence-electron chi connectivity index (χ3n) is 3.68. The fraction of sp³-hybridized carbons (Fsp3) is 0.333. The number of carbonyl (C=O) groups is 1. The molecule has 20 heavy (non-hydrogen) atoms. The predicted molar refractivity (Wildman–Crippen MR) is 75.7 cm³/mol. The van der Waals surface area contributed by atoms with E-state index in [1.165, 1.54) is 0 Å². The topological polar surface area (TPSA) is 56.1 Å². The van der Waals surface area contributed by atoms with E-state index >= 15 is 0 Å². The molecule has 1 N–H and O–H groups in total. The van der Waals surface area contributed by atoms with Crippen LogP contribution >= 0.6 is 0 Å². The predicted octanol–water partition coefficient (Wildman–Crippen LogP) is 2.09. The number of ether oxygens (including phenoxy) is 1. The first kappa shape index (κ1) is 12.7. The Bertz CT molecular complexity index is 621. The number of para-hydroxylation sites is 2. The first-order valence-electron chi connectivity index (χ1n) is 6.72. The molecule has 2 aromatic rings. The van der Waals surface area contributed by atoms with Crippen molar-refractivity contribution in [2.45, 2.75) is 19.4 Å². The number of nitrogens with zero attached hydrogens (tertiary/aromatic N) is 2. The van der Waals surface area contributed by atoms with Crippen molar-refractivity contribution < 1.29 is 9.53 Å². The van der Waals surface area contributed by atoms with Crippen LogP contribution in [0.2, 0.25) is 0 Å². The molecule has 1 aromatic carbocycles. The number of rotatable bonds is 3. The number of methoxy groups -OCH3 is 1. The number of hydrogen-bond acceptors (Lipinski definition) is 3. The Morgan fingerprint density at radius 3 is 3.15 bits per heavy atom. The SMILES string of the molecule is COc1ccccc1NC(=O)C1CCn2ccnc2C1. The summed E-state index contributed by atoms with van der Waals surface area (Å²) in [7, 11) is 1.60. The summed E-state index contributed by atoms with van der Waals surface area (Å²) in [6, 6.07) is 7.45. The number of nitrogens with one attached hydrogen (secondary N) is 1. The van der Waals surface area contributed by atoms with Crippen molar-refractivity contribution in [2.24, 2.45) is 5.92 Å². The maximum atomic E-state index is 12.4. The van der Waals surface area contributed by atoms with Crippen molar-refractivity contribution in [3.63, 3.8) is 0 Å². The molecule has 0 spiro atoms. The lowest BCUT2D eigenvalue weighted by Gasteiger charge is -2.23. The maximum Gasteiger partial charge on any atom is 0.228 e. The van der Waals surface area contributed by atoms with Gasteiger partial charge in [0.1, 0.15) is 11.6 Å². The number of benzene rings is 1. The lowest BCUT2D eigenvalue weighted by molar-refractivity contribution is -0.120. The molecule has 1 aromatic heterocycles. The van der Waals surface area contributed by atoms with Crippen molar-refractivity contribution in [3.05, 3.63) is 42.5 Å². The molecule has 0 saturated heterocycles. The standard InChI is InChI=1S/C15H17N3O2/c1-20-13-5-3-2-4-12(13)17-15(19)11-6-8-18-9-7-16-14(18)10-11/h2-5,7,9,11H,6,8,10H2,1H3,(H,17,19). The molecule has 1 aliphatic rings. The van der Waals surface area contributed by atoms with Gasteiger partial charge in [-0.15, -0.1) is 0 Å². The summed E-state index contributed by atoms with van der Waals surface area (Å²) in [6.07, 6.45) is 5.28. The number of fused-ring (bicyclic) bond motifs is 1. The largest absolute Gasteiger partial charge is 0.495 e. The first-order valence-corrected chi connectivity index (χ1v) is 6.72. The van der Waals surface area contributed by atoms with Crippen molar-refractivity contribution in [2.75, 3.05) is 12.4 Å². The van der Waals surface area contributed by atoms with Gasteiger partial charge < -0.3 is 14.6 Å². The van der Waals surface area contributed by atoms with Gasteiger partial charge in [0.15, 0.2) is 0 Å². The molecule has 0 saturated carbocycles. The molecule has 3 rings (SSSR count). The van der Waals surface area contributed by atoms with Gasteiger partial charge in [-0.05, 0) is 18.6 Å². The summed E-state index contributed by atoms with van der Waals surface area (Å²) in [5.74, 6) is 1.66. The number of amides is 1. The number of anilines is 1. The van der Waals surface area contributed by atoms with E-state index in [-0.39, 0.29) is 11.8 Å². The van der Waals surface area contributed by atoms with E-state index in [1.54, 1.807) is 13.3 Å². The quantitative estimate of drug-likeness (QED) is 0.930. The fourth-order valence-corrected chi connectivity index (χ4v) is 2.56. The van der Waals surface area contributed by atoms with E-state index in [2.05, 4.69) is 14.9 Å². The van der Waals surface area contributed by atoms with E-state index in [0.717, 1.165) is 18.8 Å².